The second kappa shape index (κ2) is 7.34. The van der Waals surface area contributed by atoms with Gasteiger partial charge in [-0.25, -0.2) is 4.79 Å². The molecule has 0 unspecified atom stereocenters. The van der Waals surface area contributed by atoms with Gasteiger partial charge in [0.05, 0.1) is 23.8 Å². The van der Waals surface area contributed by atoms with Crippen LogP contribution in [0.4, 0.5) is 0 Å². The van der Waals surface area contributed by atoms with Crippen LogP contribution in [-0.2, 0) is 22.4 Å². The van der Waals surface area contributed by atoms with E-state index in [1.807, 2.05) is 0 Å². The molecule has 0 amide bonds. The minimum Gasteiger partial charge on any atom is -0.462 e. The van der Waals surface area contributed by atoms with E-state index >= 15 is 0 Å². The summed E-state index contributed by atoms with van der Waals surface area (Å²) in [6.45, 7) is 0.366. The third kappa shape index (κ3) is 3.56. The third-order valence-corrected chi connectivity index (χ3v) is 4.78. The molecule has 24 heavy (non-hydrogen) atoms. The minimum atomic E-state index is -1.05. The maximum absolute atomic E-state index is 12.2. The van der Waals surface area contributed by atoms with Gasteiger partial charge >= 0.3 is 13.1 Å². The topological polar surface area (TPSA) is 55.8 Å². The van der Waals surface area contributed by atoms with Gasteiger partial charge in [0.25, 0.3) is 0 Å². The van der Waals surface area contributed by atoms with Gasteiger partial charge < -0.3 is 14.4 Å². The predicted octanol–water partition coefficient (Wildman–Crippen LogP) is 3.26. The second-order valence-corrected chi connectivity index (χ2v) is 6.50. The van der Waals surface area contributed by atoms with Crippen molar-refractivity contribution in [3.8, 4) is 0 Å². The molecule has 3 rings (SSSR count). The molecular weight excluding hydrogens is 373 g/mol. The summed E-state index contributed by atoms with van der Waals surface area (Å²) in [4.78, 5) is 12.2. The first-order valence-electron chi connectivity index (χ1n) is 7.19. The number of carbonyl (C=O) groups excluding carboxylic acids is 1. The number of rotatable bonds is 4. The van der Waals surface area contributed by atoms with Crippen LogP contribution < -0.4 is 5.46 Å². The number of hydrogen-bond donors (Lipinski definition) is 1. The molecular formula is C16H12BCl3O4. The highest BCUT2D eigenvalue weighted by molar-refractivity contribution is 6.61. The van der Waals surface area contributed by atoms with Gasteiger partial charge in [-0.05, 0) is 40.9 Å². The summed E-state index contributed by atoms with van der Waals surface area (Å²) in [7, 11) is -1.05. The molecule has 0 radical (unpaired) electrons. The van der Waals surface area contributed by atoms with Gasteiger partial charge in [0.15, 0.2) is 0 Å². The molecule has 4 nitrogen and oxygen atoms in total. The number of hydrogen-bond acceptors (Lipinski definition) is 4. The van der Waals surface area contributed by atoms with Crippen LogP contribution in [0.5, 0.6) is 0 Å². The minimum absolute atomic E-state index is 0.106. The Labute approximate surface area is 154 Å². The van der Waals surface area contributed by atoms with Gasteiger partial charge in [-0.1, -0.05) is 40.9 Å². The molecule has 2 aromatic carbocycles. The lowest BCUT2D eigenvalue weighted by Crippen LogP contribution is -2.29. The molecule has 0 aromatic heterocycles. The normalized spacial score (nSPS) is 13.1. The fourth-order valence-corrected chi connectivity index (χ4v) is 3.35. The Balaban J connectivity index is 1.69. The van der Waals surface area contributed by atoms with Crippen molar-refractivity contribution in [2.75, 3.05) is 6.61 Å². The van der Waals surface area contributed by atoms with Crippen LogP contribution >= 0.6 is 34.8 Å². The van der Waals surface area contributed by atoms with Crippen LogP contribution in [0.25, 0.3) is 0 Å². The molecule has 0 atom stereocenters. The first kappa shape index (κ1) is 17.6. The molecule has 1 N–H and O–H groups in total. The summed E-state index contributed by atoms with van der Waals surface area (Å²) in [5.74, 6) is -0.579. The largest absolute Gasteiger partial charge is 0.491 e. The highest BCUT2D eigenvalue weighted by atomic mass is 35.5. The fraction of sp³-hybridized carbons (Fsp3) is 0.188. The van der Waals surface area contributed by atoms with E-state index in [9.17, 15) is 9.82 Å². The predicted molar refractivity (Wildman–Crippen MR) is 94.3 cm³/mol. The van der Waals surface area contributed by atoms with Crippen LogP contribution in [0.3, 0.4) is 0 Å². The summed E-state index contributed by atoms with van der Waals surface area (Å²) in [5.41, 5.74) is 2.19. The fourth-order valence-electron chi connectivity index (χ4n) is 2.50. The van der Waals surface area contributed by atoms with Crippen molar-refractivity contribution in [1.82, 2.24) is 0 Å². The van der Waals surface area contributed by atoms with Crippen molar-refractivity contribution in [3.05, 3.63) is 62.1 Å². The number of benzene rings is 2. The van der Waals surface area contributed by atoms with Gasteiger partial charge in [0.1, 0.15) is 0 Å². The summed E-state index contributed by atoms with van der Waals surface area (Å²) in [6.07, 6.45) is 0.387. The maximum Gasteiger partial charge on any atom is 0.491 e. The van der Waals surface area contributed by atoms with Gasteiger partial charge in [0.2, 0.25) is 0 Å². The first-order chi connectivity index (χ1) is 11.5. The van der Waals surface area contributed by atoms with E-state index in [1.165, 1.54) is 6.07 Å². The molecule has 1 aliphatic heterocycles. The van der Waals surface area contributed by atoms with Crippen molar-refractivity contribution in [3.63, 3.8) is 0 Å². The SMILES string of the molecule is O=C(OCCc1c(Cl)cccc1Cl)c1cc2c(cc1Cl)COB2O. The van der Waals surface area contributed by atoms with Crippen molar-refractivity contribution < 1.29 is 19.2 Å². The molecule has 0 fully saturated rings. The zero-order valence-corrected chi connectivity index (χ0v) is 14.7. The van der Waals surface area contributed by atoms with Gasteiger partial charge in [-0.2, -0.15) is 0 Å². The quantitative estimate of drug-likeness (QED) is 0.648. The Morgan fingerprint density at radius 1 is 1.21 bits per heavy atom. The third-order valence-electron chi connectivity index (χ3n) is 3.76. The number of carbonyl (C=O) groups is 1. The molecule has 124 valence electrons. The lowest BCUT2D eigenvalue weighted by Gasteiger charge is -2.10. The zero-order valence-electron chi connectivity index (χ0n) is 12.4. The Kier molecular flexibility index (Phi) is 5.38. The Morgan fingerprint density at radius 3 is 2.62 bits per heavy atom. The summed E-state index contributed by atoms with van der Waals surface area (Å²) in [5, 5.41) is 11.0. The van der Waals surface area contributed by atoms with Crippen LogP contribution in [0.15, 0.2) is 30.3 Å². The van der Waals surface area contributed by atoms with Crippen LogP contribution in [0.2, 0.25) is 15.1 Å². The van der Waals surface area contributed by atoms with E-state index in [4.69, 9.17) is 44.2 Å². The summed E-state index contributed by atoms with van der Waals surface area (Å²) >= 11 is 18.3. The average molecular weight is 385 g/mol. The second-order valence-electron chi connectivity index (χ2n) is 5.28. The van der Waals surface area contributed by atoms with Crippen molar-refractivity contribution >= 4 is 53.4 Å². The van der Waals surface area contributed by atoms with Gasteiger partial charge in [0, 0.05) is 16.5 Å². The van der Waals surface area contributed by atoms with E-state index in [-0.39, 0.29) is 23.8 Å². The molecule has 1 aliphatic rings. The maximum atomic E-state index is 12.2. The van der Waals surface area contributed by atoms with Crippen molar-refractivity contribution in [1.29, 1.82) is 0 Å². The van der Waals surface area contributed by atoms with Crippen molar-refractivity contribution in [2.24, 2.45) is 0 Å². The highest BCUT2D eigenvalue weighted by Gasteiger charge is 2.29. The highest BCUT2D eigenvalue weighted by Crippen LogP contribution is 2.25. The Hall–Kier alpha value is -1.24. The molecule has 8 heteroatoms. The number of fused-ring (bicyclic) bond motifs is 1. The van der Waals surface area contributed by atoms with Gasteiger partial charge in [-0.3, -0.25) is 0 Å². The first-order valence-corrected chi connectivity index (χ1v) is 8.32. The smallest absolute Gasteiger partial charge is 0.462 e. The number of halogens is 3. The number of esters is 1. The van der Waals surface area contributed by atoms with E-state index in [1.54, 1.807) is 24.3 Å². The molecule has 0 saturated heterocycles. The lowest BCUT2D eigenvalue weighted by atomic mass is 9.79. The summed E-state index contributed by atoms with van der Waals surface area (Å²) in [6, 6.07) is 8.30. The molecule has 2 aromatic rings. The standard InChI is InChI=1S/C16H12BCl3O4/c18-13-2-1-3-14(19)10(13)4-5-23-16(21)11-7-12-9(6-15(11)20)8-24-17(12)22/h1-3,6-7,22H,4-5,8H2. The zero-order chi connectivity index (χ0) is 17.3. The van der Waals surface area contributed by atoms with Crippen molar-refractivity contribution in [2.45, 2.75) is 13.0 Å². The summed E-state index contributed by atoms with van der Waals surface area (Å²) < 4.78 is 10.3. The van der Waals surface area contributed by atoms with E-state index in [0.717, 1.165) is 11.1 Å². The van der Waals surface area contributed by atoms with E-state index < -0.39 is 13.1 Å². The Bertz CT molecular complexity index is 777. The Morgan fingerprint density at radius 2 is 1.92 bits per heavy atom. The molecule has 0 saturated carbocycles. The van der Waals surface area contributed by atoms with Crippen LogP contribution in [0, 0.1) is 0 Å². The van der Waals surface area contributed by atoms with E-state index in [2.05, 4.69) is 0 Å². The van der Waals surface area contributed by atoms with Gasteiger partial charge in [-0.15, -0.1) is 0 Å². The van der Waals surface area contributed by atoms with E-state index in [0.29, 0.717) is 21.9 Å². The molecule has 1 heterocycles. The lowest BCUT2D eigenvalue weighted by molar-refractivity contribution is 0.0509. The molecule has 0 bridgehead atoms. The monoisotopic (exact) mass is 384 g/mol. The molecule has 0 spiro atoms. The van der Waals surface area contributed by atoms with Crippen LogP contribution in [-0.4, -0.2) is 24.7 Å². The van der Waals surface area contributed by atoms with Crippen LogP contribution in [0.1, 0.15) is 21.5 Å². The average Bonchev–Trinajstić information content (AvgIpc) is 2.89. The number of ether oxygens (including phenoxy) is 1. The molecule has 0 aliphatic carbocycles.